The van der Waals surface area contributed by atoms with Gasteiger partial charge in [0.1, 0.15) is 0 Å². The summed E-state index contributed by atoms with van der Waals surface area (Å²) in [4.78, 5) is 0. The Hall–Kier alpha value is -0.196. The molecule has 0 atom stereocenters. The molecule has 0 unspecified atom stereocenters. The molecule has 0 saturated carbocycles. The second kappa shape index (κ2) is 20.1. The first-order chi connectivity index (χ1) is 13.2. The van der Waals surface area contributed by atoms with E-state index in [1.54, 1.807) is 0 Å². The van der Waals surface area contributed by atoms with E-state index < -0.39 is 0 Å². The summed E-state index contributed by atoms with van der Waals surface area (Å²) in [6.07, 6.45) is 12.2. The average molecular weight is 423 g/mol. The van der Waals surface area contributed by atoms with Gasteiger partial charge in [-0.25, -0.2) is 0 Å². The van der Waals surface area contributed by atoms with Gasteiger partial charge < -0.3 is 26.1 Å². The number of aryl methyl sites for hydroxylation is 1. The summed E-state index contributed by atoms with van der Waals surface area (Å²) >= 11 is 0. The minimum absolute atomic E-state index is 0. The van der Waals surface area contributed by atoms with Crippen molar-refractivity contribution in [3.63, 3.8) is 0 Å². The van der Waals surface area contributed by atoms with Gasteiger partial charge in [0, 0.05) is 5.69 Å². The van der Waals surface area contributed by atoms with E-state index in [0.29, 0.717) is 5.92 Å². The van der Waals surface area contributed by atoms with Crippen molar-refractivity contribution >= 4 is 0 Å². The normalized spacial score (nSPS) is 18.9. The predicted molar refractivity (Wildman–Crippen MR) is 117 cm³/mol. The number of hydrogen-bond acceptors (Lipinski definition) is 1. The number of piperidine rings is 3. The monoisotopic (exact) mass is 423 g/mol. The van der Waals surface area contributed by atoms with E-state index in [0.717, 1.165) is 50.7 Å². The van der Waals surface area contributed by atoms with Gasteiger partial charge in [-0.3, -0.25) is 0 Å². The fourth-order valence-electron chi connectivity index (χ4n) is 2.90. The fourth-order valence-corrected chi connectivity index (χ4v) is 2.90. The van der Waals surface area contributed by atoms with Crippen LogP contribution in [0.15, 0.2) is 6.07 Å². The maximum Gasteiger partial charge on any atom is 4.00 e. The van der Waals surface area contributed by atoms with Crippen molar-refractivity contribution in [1.29, 1.82) is 0 Å². The van der Waals surface area contributed by atoms with E-state index in [9.17, 15) is 0 Å². The van der Waals surface area contributed by atoms with Crippen LogP contribution in [0.5, 0.6) is 0 Å². The molecule has 6 heteroatoms. The van der Waals surface area contributed by atoms with Crippen LogP contribution in [0, 0.1) is 6.92 Å². The largest absolute Gasteiger partial charge is 4.00 e. The third-order valence-electron chi connectivity index (χ3n) is 4.67. The van der Waals surface area contributed by atoms with E-state index in [-0.39, 0.29) is 21.7 Å². The van der Waals surface area contributed by atoms with E-state index in [1.807, 2.05) is 13.0 Å². The van der Waals surface area contributed by atoms with Crippen LogP contribution in [0.4, 0.5) is 0 Å². The standard InChI is InChI=1S/C7H11N2.3C5H10N.Ti/c1-5(2)7-4-6(3)8-9-7;3*1-2-4-6-5-3-1;/h4-5H,1-3H3;3*1-5H2;/q4*-1;+4. The van der Waals surface area contributed by atoms with E-state index in [4.69, 9.17) is 0 Å². The van der Waals surface area contributed by atoms with Crippen LogP contribution in [-0.4, -0.2) is 44.4 Å². The second-order valence-corrected chi connectivity index (χ2v) is 7.76. The van der Waals surface area contributed by atoms with Crippen molar-refractivity contribution < 1.29 is 21.7 Å². The Kier molecular flexibility index (Phi) is 20.0. The smallest absolute Gasteiger partial charge is 0.662 e. The van der Waals surface area contributed by atoms with Crippen LogP contribution in [0.3, 0.4) is 0 Å². The van der Waals surface area contributed by atoms with Crippen molar-refractivity contribution in [1.82, 2.24) is 10.2 Å². The van der Waals surface area contributed by atoms with Crippen molar-refractivity contribution in [2.45, 2.75) is 84.5 Å². The zero-order valence-electron chi connectivity index (χ0n) is 18.5. The van der Waals surface area contributed by atoms with Crippen molar-refractivity contribution in [3.8, 4) is 0 Å². The molecule has 158 valence electrons. The molecule has 1 aromatic rings. The topological polar surface area (TPSA) is 69.3 Å². The van der Waals surface area contributed by atoms with Gasteiger partial charge in [-0.05, 0) is 5.92 Å². The molecule has 5 nitrogen and oxygen atoms in total. The Labute approximate surface area is 188 Å². The first-order valence-electron chi connectivity index (χ1n) is 11.1. The molecule has 3 fully saturated rings. The molecule has 0 N–H and O–H groups in total. The molecular formula is C22H41N5Ti. The van der Waals surface area contributed by atoms with Crippen LogP contribution in [0.1, 0.15) is 88.9 Å². The van der Waals surface area contributed by atoms with Gasteiger partial charge in [-0.15, -0.1) is 45.0 Å². The number of hydrogen-bond donors (Lipinski definition) is 0. The quantitative estimate of drug-likeness (QED) is 0.512. The van der Waals surface area contributed by atoms with Crippen LogP contribution in [0.25, 0.3) is 16.0 Å². The van der Waals surface area contributed by atoms with Crippen LogP contribution < -0.4 is 5.10 Å². The Balaban J connectivity index is 0.000000349. The molecule has 3 aliphatic rings. The summed E-state index contributed by atoms with van der Waals surface area (Å²) in [6.45, 7) is 12.9. The van der Waals surface area contributed by atoms with Crippen LogP contribution in [-0.2, 0) is 21.7 Å². The van der Waals surface area contributed by atoms with Gasteiger partial charge in [0.2, 0.25) is 0 Å². The molecule has 1 aromatic heterocycles. The molecular weight excluding hydrogens is 382 g/mol. The zero-order chi connectivity index (χ0) is 19.6. The Morgan fingerprint density at radius 1 is 0.679 bits per heavy atom. The molecule has 0 aromatic carbocycles. The SMILES string of the molecule is C1CC[N-]CC1.C1CC[N-]CC1.C1CC[N-]CC1.Cc1cc(C(C)C)n[n-]1.[Ti+4]. The molecule has 28 heavy (non-hydrogen) atoms. The molecule has 4 rings (SSSR count). The molecule has 4 heterocycles. The third-order valence-corrected chi connectivity index (χ3v) is 4.67. The van der Waals surface area contributed by atoms with Crippen molar-refractivity contribution in [2.75, 3.05) is 39.3 Å². The van der Waals surface area contributed by atoms with Gasteiger partial charge in [-0.2, -0.15) is 0 Å². The minimum Gasteiger partial charge on any atom is -0.662 e. The first-order valence-corrected chi connectivity index (χ1v) is 11.1. The van der Waals surface area contributed by atoms with E-state index >= 15 is 0 Å². The summed E-state index contributed by atoms with van der Waals surface area (Å²) in [5.41, 5.74) is 2.10. The van der Waals surface area contributed by atoms with E-state index in [1.165, 1.54) is 57.8 Å². The maximum atomic E-state index is 4.18. The second-order valence-electron chi connectivity index (χ2n) is 7.76. The molecule has 0 radical (unpaired) electrons. The summed E-state index contributed by atoms with van der Waals surface area (Å²) in [7, 11) is 0. The van der Waals surface area contributed by atoms with Gasteiger partial charge in [0.15, 0.2) is 0 Å². The predicted octanol–water partition coefficient (Wildman–Crippen LogP) is 6.10. The van der Waals surface area contributed by atoms with Crippen molar-refractivity contribution in [2.24, 2.45) is 0 Å². The Morgan fingerprint density at radius 3 is 1.14 bits per heavy atom. The molecule has 0 aliphatic carbocycles. The van der Waals surface area contributed by atoms with Gasteiger partial charge in [0.05, 0.1) is 0 Å². The molecule has 0 bridgehead atoms. The summed E-state index contributed by atoms with van der Waals surface area (Å²) in [5.74, 6) is 0.506. The first kappa shape index (κ1) is 27.8. The minimum atomic E-state index is 0. The van der Waals surface area contributed by atoms with E-state index in [2.05, 4.69) is 40.0 Å². The fraction of sp³-hybridized carbons (Fsp3) is 0.864. The van der Waals surface area contributed by atoms with Crippen molar-refractivity contribution in [3.05, 3.63) is 33.4 Å². The molecule has 3 saturated heterocycles. The van der Waals surface area contributed by atoms with Crippen LogP contribution >= 0.6 is 0 Å². The zero-order valence-corrected chi connectivity index (χ0v) is 20.1. The van der Waals surface area contributed by atoms with Gasteiger partial charge in [0.25, 0.3) is 0 Å². The average Bonchev–Trinajstić information content (AvgIpc) is 3.20. The summed E-state index contributed by atoms with van der Waals surface area (Å²) < 4.78 is 0. The van der Waals surface area contributed by atoms with Crippen LogP contribution in [0.2, 0.25) is 0 Å². The number of rotatable bonds is 1. The molecule has 0 spiro atoms. The Morgan fingerprint density at radius 2 is 1.04 bits per heavy atom. The molecule has 0 amide bonds. The third kappa shape index (κ3) is 16.7. The Bertz CT molecular complexity index is 361. The number of nitrogens with zero attached hydrogens (tertiary/aromatic N) is 5. The molecule has 3 aliphatic heterocycles. The van der Waals surface area contributed by atoms with Gasteiger partial charge >= 0.3 is 21.7 Å². The number of aromatic nitrogens is 2. The van der Waals surface area contributed by atoms with Gasteiger partial charge in [-0.1, -0.05) is 84.6 Å². The summed E-state index contributed by atoms with van der Waals surface area (Å²) in [6, 6.07) is 2.02. The maximum absolute atomic E-state index is 4.18. The summed E-state index contributed by atoms with van der Waals surface area (Å²) in [5, 5.41) is 20.4.